The van der Waals surface area contributed by atoms with Crippen LogP contribution < -0.4 is 15.0 Å². The lowest BCUT2D eigenvalue weighted by Gasteiger charge is -2.43. The molecule has 2 unspecified atom stereocenters. The van der Waals surface area contributed by atoms with E-state index >= 15 is 8.78 Å². The van der Waals surface area contributed by atoms with Gasteiger partial charge in [-0.2, -0.15) is 9.97 Å². The van der Waals surface area contributed by atoms with Gasteiger partial charge in [0, 0.05) is 54.1 Å². The quantitative estimate of drug-likeness (QED) is 0.334. The number of terminal acetylenes is 1. The highest BCUT2D eigenvalue weighted by atomic mass is 32.2. The molecule has 2 N–H and O–H groups in total. The third-order valence-electron chi connectivity index (χ3n) is 10.5. The second-order valence-corrected chi connectivity index (χ2v) is 16.0. The van der Waals surface area contributed by atoms with Crippen molar-refractivity contribution in [3.8, 4) is 24.1 Å². The predicted molar refractivity (Wildman–Crippen MR) is 178 cm³/mol. The van der Waals surface area contributed by atoms with Gasteiger partial charge in [-0.25, -0.2) is 17.2 Å². The molecule has 13 heteroatoms. The summed E-state index contributed by atoms with van der Waals surface area (Å²) in [6, 6.07) is 4.87. The van der Waals surface area contributed by atoms with Crippen LogP contribution in [-0.4, -0.2) is 91.2 Å². The third-order valence-corrected chi connectivity index (χ3v) is 12.4. The number of nitrogens with zero attached hydrogens (tertiary/aromatic N) is 5. The minimum absolute atomic E-state index is 0.0261. The van der Waals surface area contributed by atoms with Crippen molar-refractivity contribution < 1.29 is 27.0 Å². The molecule has 3 aromatic rings. The first-order valence-corrected chi connectivity index (χ1v) is 18.0. The van der Waals surface area contributed by atoms with E-state index in [0.717, 1.165) is 43.0 Å². The molecule has 3 aliphatic heterocycles. The largest absolute Gasteiger partial charge is 0.508 e. The minimum Gasteiger partial charge on any atom is -0.508 e. The number of aromatic hydroxyl groups is 1. The van der Waals surface area contributed by atoms with Crippen LogP contribution >= 0.6 is 0 Å². The second-order valence-electron chi connectivity index (χ2n) is 14.3. The smallest absolute Gasteiger partial charge is 0.319 e. The molecule has 5 aliphatic rings. The van der Waals surface area contributed by atoms with E-state index in [1.165, 1.54) is 24.3 Å². The summed E-state index contributed by atoms with van der Waals surface area (Å²) in [6.45, 7) is 2.11. The van der Waals surface area contributed by atoms with Crippen LogP contribution in [0.5, 0.6) is 11.8 Å². The van der Waals surface area contributed by atoms with Gasteiger partial charge in [0.05, 0.1) is 17.9 Å². The van der Waals surface area contributed by atoms with Crippen LogP contribution in [-0.2, 0) is 10.0 Å². The Labute approximate surface area is 278 Å². The summed E-state index contributed by atoms with van der Waals surface area (Å²) in [7, 11) is -0.493. The first kappa shape index (κ1) is 31.3. The Morgan fingerprint density at radius 2 is 1.85 bits per heavy atom. The molecule has 8 rings (SSSR count). The van der Waals surface area contributed by atoms with E-state index in [4.69, 9.17) is 16.1 Å². The molecule has 2 aromatic carbocycles. The number of phenols is 1. The topological polar surface area (TPSA) is 111 Å². The minimum atomic E-state index is -4.48. The van der Waals surface area contributed by atoms with E-state index < -0.39 is 33.4 Å². The number of hydrogen-bond donors (Lipinski definition) is 2. The molecule has 2 saturated heterocycles. The molecule has 0 spiro atoms. The predicted octanol–water partition coefficient (Wildman–Crippen LogP) is 4.47. The molecular formula is C35H38F2N6O4S. The summed E-state index contributed by atoms with van der Waals surface area (Å²) in [4.78, 5) is 12.9. The van der Waals surface area contributed by atoms with Gasteiger partial charge >= 0.3 is 6.01 Å². The molecule has 10 nitrogen and oxygen atoms in total. The number of anilines is 1. The van der Waals surface area contributed by atoms with Gasteiger partial charge in [0.1, 0.15) is 17.3 Å². The molecule has 4 fully saturated rings. The third kappa shape index (κ3) is 5.07. The van der Waals surface area contributed by atoms with Crippen LogP contribution in [0.3, 0.4) is 0 Å². The summed E-state index contributed by atoms with van der Waals surface area (Å²) >= 11 is 0. The SMILES string of the molecule is C#Cc1c(F)ccc2cc(O)cc(C3=C(F)c4nc(OCC5(CN(C)C)CC5)nc(N5CC6CCC(C5)N6)c4S(=O)(=O)N3C3CCC3)c12. The molecule has 48 heavy (non-hydrogen) atoms. The van der Waals surface area contributed by atoms with Gasteiger partial charge < -0.3 is 25.0 Å². The molecule has 0 amide bonds. The Hall–Kier alpha value is -3.99. The number of piperazine rings is 1. The van der Waals surface area contributed by atoms with Gasteiger partial charge in [0.2, 0.25) is 0 Å². The van der Waals surface area contributed by atoms with Crippen molar-refractivity contribution >= 4 is 38.1 Å². The van der Waals surface area contributed by atoms with Crippen LogP contribution in [0.4, 0.5) is 14.6 Å². The molecule has 2 aliphatic carbocycles. The van der Waals surface area contributed by atoms with Crippen molar-refractivity contribution in [2.45, 2.75) is 68.0 Å². The van der Waals surface area contributed by atoms with Gasteiger partial charge in [-0.05, 0) is 82.6 Å². The Morgan fingerprint density at radius 1 is 1.12 bits per heavy atom. The number of aromatic nitrogens is 2. The van der Waals surface area contributed by atoms with Crippen LogP contribution in [0.2, 0.25) is 0 Å². The van der Waals surface area contributed by atoms with E-state index in [9.17, 15) is 13.5 Å². The van der Waals surface area contributed by atoms with Crippen molar-refractivity contribution in [2.75, 3.05) is 45.2 Å². The maximum Gasteiger partial charge on any atom is 0.319 e. The Morgan fingerprint density at radius 3 is 2.48 bits per heavy atom. The lowest BCUT2D eigenvalue weighted by atomic mass is 9.90. The Kier molecular flexibility index (Phi) is 7.36. The van der Waals surface area contributed by atoms with Gasteiger partial charge in [-0.15, -0.1) is 6.42 Å². The van der Waals surface area contributed by atoms with Gasteiger partial charge in [0.15, 0.2) is 16.5 Å². The van der Waals surface area contributed by atoms with E-state index in [0.29, 0.717) is 37.9 Å². The van der Waals surface area contributed by atoms with E-state index in [-0.39, 0.29) is 62.2 Å². The Balaban J connectivity index is 1.37. The van der Waals surface area contributed by atoms with Crippen LogP contribution in [0.25, 0.3) is 22.3 Å². The van der Waals surface area contributed by atoms with Gasteiger partial charge in [0.25, 0.3) is 10.0 Å². The standard InChI is InChI=1S/C35H38F2N6O4S/c1-4-25-27(36)11-8-20-14-24(44)15-26(28(20)25)31-29(37)30-32(48(45,46)43(31)23-6-5-7-23)33(42-16-21-9-10-22(17-42)38-21)40-34(39-30)47-19-35(12-13-35)18-41(2)3/h1,8,11,14-15,21-23,38,44H,5-7,9-10,12-13,16-19H2,2-3H3. The van der Waals surface area contributed by atoms with Crippen molar-refractivity contribution in [2.24, 2.45) is 5.41 Å². The molecule has 252 valence electrons. The molecule has 2 atom stereocenters. The van der Waals surface area contributed by atoms with Crippen LogP contribution in [0.1, 0.15) is 61.8 Å². The zero-order valence-electron chi connectivity index (χ0n) is 27.0. The number of fused-ring (bicyclic) bond motifs is 4. The number of nitrogens with one attached hydrogen (secondary N) is 1. The first-order chi connectivity index (χ1) is 23.0. The van der Waals surface area contributed by atoms with E-state index in [1.807, 2.05) is 19.0 Å². The molecule has 2 bridgehead atoms. The van der Waals surface area contributed by atoms with E-state index in [1.54, 1.807) is 0 Å². The average molecular weight is 677 g/mol. The summed E-state index contributed by atoms with van der Waals surface area (Å²) in [6.07, 6.45) is 11.3. The van der Waals surface area contributed by atoms with Crippen molar-refractivity contribution in [3.63, 3.8) is 0 Å². The lowest BCUT2D eigenvalue weighted by molar-refractivity contribution is 0.182. The molecule has 4 heterocycles. The lowest BCUT2D eigenvalue weighted by Crippen LogP contribution is -2.52. The zero-order valence-corrected chi connectivity index (χ0v) is 27.8. The molecule has 1 aromatic heterocycles. The van der Waals surface area contributed by atoms with Crippen LogP contribution in [0.15, 0.2) is 29.2 Å². The van der Waals surface area contributed by atoms with E-state index in [2.05, 4.69) is 21.1 Å². The molecule has 2 saturated carbocycles. The number of rotatable bonds is 8. The normalized spacial score (nSPS) is 24.1. The number of benzene rings is 2. The molecule has 0 radical (unpaired) electrons. The summed E-state index contributed by atoms with van der Waals surface area (Å²) in [5, 5.41) is 14.8. The first-order valence-electron chi connectivity index (χ1n) is 16.6. The monoisotopic (exact) mass is 676 g/mol. The Bertz CT molecular complexity index is 2010. The fourth-order valence-corrected chi connectivity index (χ4v) is 9.89. The summed E-state index contributed by atoms with van der Waals surface area (Å²) in [5.74, 6) is 0.597. The fraction of sp³-hybridized carbons (Fsp3) is 0.486. The molecular weight excluding hydrogens is 638 g/mol. The summed E-state index contributed by atoms with van der Waals surface area (Å²) < 4.78 is 70.0. The second kappa shape index (κ2) is 11.3. The van der Waals surface area contributed by atoms with Crippen molar-refractivity contribution in [1.82, 2.24) is 24.5 Å². The highest BCUT2D eigenvalue weighted by molar-refractivity contribution is 7.89. The fourth-order valence-electron chi connectivity index (χ4n) is 7.88. The maximum absolute atomic E-state index is 17.6. The highest BCUT2D eigenvalue weighted by Crippen LogP contribution is 2.51. The number of halogens is 2. The maximum atomic E-state index is 17.6. The number of hydrogen-bond acceptors (Lipinski definition) is 9. The van der Waals surface area contributed by atoms with Crippen LogP contribution in [0, 0.1) is 23.6 Å². The van der Waals surface area contributed by atoms with Gasteiger partial charge in [-0.1, -0.05) is 12.0 Å². The average Bonchev–Trinajstić information content (AvgIpc) is 3.70. The number of sulfonamides is 1. The highest BCUT2D eigenvalue weighted by Gasteiger charge is 2.49. The van der Waals surface area contributed by atoms with Gasteiger partial charge in [-0.3, -0.25) is 4.31 Å². The number of phenolic OH excluding ortho intramolecular Hbond substituents is 1. The van der Waals surface area contributed by atoms with Crippen molar-refractivity contribution in [3.05, 3.63) is 46.9 Å². The van der Waals surface area contributed by atoms with Crippen molar-refractivity contribution in [1.29, 1.82) is 0 Å². The summed E-state index contributed by atoms with van der Waals surface area (Å²) in [5.41, 5.74) is -0.989. The zero-order chi connectivity index (χ0) is 33.5. The number of ether oxygens (including phenoxy) is 1.